The van der Waals surface area contributed by atoms with Crippen molar-refractivity contribution in [3.63, 3.8) is 0 Å². The van der Waals surface area contributed by atoms with Crippen molar-refractivity contribution in [2.75, 3.05) is 18.3 Å². The fourth-order valence-corrected chi connectivity index (χ4v) is 5.39. The van der Waals surface area contributed by atoms with Crippen molar-refractivity contribution in [1.29, 1.82) is 0 Å². The first kappa shape index (κ1) is 21.5. The number of nitrogens with zero attached hydrogens (tertiary/aromatic N) is 3. The molecule has 0 radical (unpaired) electrons. The number of hydrogen-bond donors (Lipinski definition) is 1. The van der Waals surface area contributed by atoms with Crippen LogP contribution in [0.25, 0.3) is 0 Å². The molecular weight excluding hydrogens is 449 g/mol. The van der Waals surface area contributed by atoms with Gasteiger partial charge in [-0.15, -0.1) is 0 Å². The Morgan fingerprint density at radius 1 is 1.03 bits per heavy atom. The van der Waals surface area contributed by atoms with E-state index in [1.54, 1.807) is 17.0 Å². The molecule has 2 bridgehead atoms. The predicted molar refractivity (Wildman–Crippen MR) is 128 cm³/mol. The van der Waals surface area contributed by atoms with Crippen LogP contribution < -0.4 is 15.2 Å². The maximum Gasteiger partial charge on any atom is 0.278 e. The summed E-state index contributed by atoms with van der Waals surface area (Å²) in [6, 6.07) is 15.0. The number of carbonyl (C=O) groups excluding carboxylic acids is 1. The molecule has 0 unspecified atom stereocenters. The van der Waals surface area contributed by atoms with E-state index in [2.05, 4.69) is 0 Å². The topological polar surface area (TPSA) is 75.0 Å². The minimum atomic E-state index is -0.625. The molecule has 3 aromatic rings. The molecule has 1 aromatic heterocycles. The van der Waals surface area contributed by atoms with Gasteiger partial charge in [-0.2, -0.15) is 0 Å². The number of halogens is 1. The molecule has 1 atom stereocenters. The van der Waals surface area contributed by atoms with Crippen molar-refractivity contribution in [3.05, 3.63) is 106 Å². The molecule has 1 fully saturated rings. The van der Waals surface area contributed by atoms with E-state index in [-0.39, 0.29) is 24.7 Å². The molecule has 1 spiro atoms. The van der Waals surface area contributed by atoms with Crippen LogP contribution in [0.2, 0.25) is 0 Å². The van der Waals surface area contributed by atoms with Crippen LogP contribution in [0.1, 0.15) is 46.9 Å². The third-order valence-electron chi connectivity index (χ3n) is 7.28. The van der Waals surface area contributed by atoms with E-state index >= 15 is 4.39 Å². The third-order valence-corrected chi connectivity index (χ3v) is 7.28. The summed E-state index contributed by atoms with van der Waals surface area (Å²) in [5, 5.41) is 12.6. The van der Waals surface area contributed by atoms with Gasteiger partial charge >= 0.3 is 0 Å². The average molecular weight is 474 g/mol. The van der Waals surface area contributed by atoms with Gasteiger partial charge in [0, 0.05) is 17.8 Å². The first-order valence-corrected chi connectivity index (χ1v) is 11.7. The SMILES string of the molecule is O=C1c2c(O)c(=O)ccn2N2CN1C1(/C=C\COc3c(F)cccc3[C@@H]2c2ccccc2)CCC1. The van der Waals surface area contributed by atoms with Crippen LogP contribution in [-0.4, -0.2) is 39.4 Å². The van der Waals surface area contributed by atoms with Gasteiger partial charge in [0.05, 0.1) is 5.54 Å². The zero-order valence-corrected chi connectivity index (χ0v) is 18.9. The fraction of sp³-hybridized carbons (Fsp3) is 0.259. The highest BCUT2D eigenvalue weighted by Gasteiger charge is 2.48. The quantitative estimate of drug-likeness (QED) is 0.546. The fourth-order valence-electron chi connectivity index (χ4n) is 5.39. The third kappa shape index (κ3) is 3.24. The van der Waals surface area contributed by atoms with Gasteiger partial charge in [-0.25, -0.2) is 4.39 Å². The Bertz CT molecular complexity index is 1400. The smallest absolute Gasteiger partial charge is 0.278 e. The number of fused-ring (bicyclic) bond motifs is 6. The van der Waals surface area contributed by atoms with E-state index < -0.39 is 34.5 Å². The normalized spacial score (nSPS) is 21.3. The lowest BCUT2D eigenvalue weighted by atomic mass is 9.74. The Kier molecular flexibility index (Phi) is 4.91. The van der Waals surface area contributed by atoms with Gasteiger partial charge in [-0.1, -0.05) is 48.5 Å². The highest BCUT2D eigenvalue weighted by atomic mass is 19.1. The molecule has 1 saturated carbocycles. The molecule has 35 heavy (non-hydrogen) atoms. The number of pyridine rings is 1. The van der Waals surface area contributed by atoms with E-state index in [0.29, 0.717) is 5.56 Å². The molecule has 3 aliphatic rings. The van der Waals surface area contributed by atoms with Gasteiger partial charge in [0.2, 0.25) is 5.43 Å². The molecule has 6 rings (SSSR count). The number of para-hydroxylation sites is 1. The summed E-state index contributed by atoms with van der Waals surface area (Å²) < 4.78 is 22.6. The maximum absolute atomic E-state index is 15.1. The van der Waals surface area contributed by atoms with E-state index in [0.717, 1.165) is 24.8 Å². The molecule has 1 N–H and O–H groups in total. The number of benzene rings is 2. The summed E-state index contributed by atoms with van der Waals surface area (Å²) in [5.41, 5.74) is 0.129. The van der Waals surface area contributed by atoms with Crippen LogP contribution in [0.3, 0.4) is 0 Å². The second kappa shape index (κ2) is 8.01. The molecule has 1 aliphatic carbocycles. The van der Waals surface area contributed by atoms with Crippen molar-refractivity contribution in [1.82, 2.24) is 9.58 Å². The van der Waals surface area contributed by atoms with Crippen molar-refractivity contribution in [2.24, 2.45) is 0 Å². The lowest BCUT2D eigenvalue weighted by molar-refractivity contribution is 0.0255. The number of ether oxygens (including phenoxy) is 1. The summed E-state index contributed by atoms with van der Waals surface area (Å²) in [5.74, 6) is -1.36. The summed E-state index contributed by atoms with van der Waals surface area (Å²) in [7, 11) is 0. The first-order chi connectivity index (χ1) is 17.0. The van der Waals surface area contributed by atoms with E-state index in [1.807, 2.05) is 47.5 Å². The molecule has 8 heteroatoms. The van der Waals surface area contributed by atoms with Gasteiger partial charge in [-0.05, 0) is 37.0 Å². The Morgan fingerprint density at radius 2 is 1.83 bits per heavy atom. The zero-order valence-electron chi connectivity index (χ0n) is 18.9. The summed E-state index contributed by atoms with van der Waals surface area (Å²) in [4.78, 5) is 27.9. The van der Waals surface area contributed by atoms with E-state index in [9.17, 15) is 14.7 Å². The Hall–Kier alpha value is -4.07. The molecule has 7 nitrogen and oxygen atoms in total. The van der Waals surface area contributed by atoms with Crippen LogP contribution in [0.5, 0.6) is 11.5 Å². The number of aromatic hydroxyl groups is 1. The molecule has 3 heterocycles. The number of hydrogen-bond acceptors (Lipinski definition) is 5. The number of carbonyl (C=O) groups is 1. The summed E-state index contributed by atoms with van der Waals surface area (Å²) >= 11 is 0. The van der Waals surface area contributed by atoms with Gasteiger partial charge < -0.3 is 14.7 Å². The highest BCUT2D eigenvalue weighted by Crippen LogP contribution is 2.44. The zero-order chi connectivity index (χ0) is 24.2. The second-order valence-corrected chi connectivity index (χ2v) is 9.18. The standard InChI is InChI=1S/C27H24FN3O4/c28-20-10-4-9-19-22(18-7-2-1-3-8-18)31-17-29(26(34)23-24(33)21(32)11-15-30(23)31)27(12-5-13-27)14-6-16-35-25(19)20/h1-4,6-11,14-15,22,33H,5,12-13,16-17H2/b14-6-/t22-/m0/s1. The minimum Gasteiger partial charge on any atom is -0.502 e. The molecule has 178 valence electrons. The number of rotatable bonds is 1. The molecule has 2 aromatic carbocycles. The Labute approximate surface area is 201 Å². The van der Waals surface area contributed by atoms with Crippen LogP contribution in [0.15, 0.2) is 77.7 Å². The van der Waals surface area contributed by atoms with Crippen LogP contribution in [0, 0.1) is 5.82 Å². The van der Waals surface area contributed by atoms with Crippen LogP contribution in [0.4, 0.5) is 4.39 Å². The lowest BCUT2D eigenvalue weighted by Gasteiger charge is -2.53. The summed E-state index contributed by atoms with van der Waals surface area (Å²) in [6.07, 6.45) is 7.70. The highest BCUT2D eigenvalue weighted by molar-refractivity contribution is 5.97. The lowest BCUT2D eigenvalue weighted by Crippen LogP contribution is -2.64. The van der Waals surface area contributed by atoms with Gasteiger partial charge in [0.25, 0.3) is 5.91 Å². The van der Waals surface area contributed by atoms with Crippen molar-refractivity contribution in [2.45, 2.75) is 30.8 Å². The van der Waals surface area contributed by atoms with E-state index in [1.165, 1.54) is 23.0 Å². The van der Waals surface area contributed by atoms with Crippen molar-refractivity contribution >= 4 is 5.91 Å². The maximum atomic E-state index is 15.1. The Morgan fingerprint density at radius 3 is 2.57 bits per heavy atom. The van der Waals surface area contributed by atoms with Crippen LogP contribution >= 0.6 is 0 Å². The van der Waals surface area contributed by atoms with Crippen LogP contribution in [-0.2, 0) is 0 Å². The monoisotopic (exact) mass is 473 g/mol. The van der Waals surface area contributed by atoms with E-state index in [4.69, 9.17) is 4.74 Å². The molecule has 1 amide bonds. The van der Waals surface area contributed by atoms with Crippen molar-refractivity contribution in [3.8, 4) is 11.5 Å². The average Bonchev–Trinajstić information content (AvgIpc) is 2.86. The summed E-state index contributed by atoms with van der Waals surface area (Å²) in [6.45, 7) is 0.323. The first-order valence-electron chi connectivity index (χ1n) is 11.7. The second-order valence-electron chi connectivity index (χ2n) is 9.18. The minimum absolute atomic E-state index is 0.0949. The molecular formula is C27H24FN3O4. The van der Waals surface area contributed by atoms with Gasteiger partial charge in [0.15, 0.2) is 23.0 Å². The largest absolute Gasteiger partial charge is 0.502 e. The Balaban J connectivity index is 1.66. The number of amides is 1. The van der Waals surface area contributed by atoms with Gasteiger partial charge in [-0.3, -0.25) is 19.3 Å². The molecule has 0 saturated heterocycles. The van der Waals surface area contributed by atoms with Gasteiger partial charge in [0.1, 0.15) is 19.3 Å². The van der Waals surface area contributed by atoms with Crippen molar-refractivity contribution < 1.29 is 19.0 Å². The molecule has 2 aliphatic heterocycles. The predicted octanol–water partition coefficient (Wildman–Crippen LogP) is 3.71. The number of aromatic nitrogens is 1.